The van der Waals surface area contributed by atoms with Crippen molar-refractivity contribution < 1.29 is 63.1 Å². The van der Waals surface area contributed by atoms with E-state index in [4.69, 9.17) is 23.6 Å². The summed E-state index contributed by atoms with van der Waals surface area (Å²) < 4.78 is 32.8. The van der Waals surface area contributed by atoms with E-state index in [1.807, 2.05) is 18.2 Å². The van der Waals surface area contributed by atoms with E-state index in [1.165, 1.54) is 103 Å². The largest absolute Gasteiger partial charge is 0.472 e. The Kier molecular flexibility index (Phi) is 38.0. The van der Waals surface area contributed by atoms with Crippen LogP contribution in [0.15, 0.2) is 24.3 Å². The van der Waals surface area contributed by atoms with E-state index in [0.717, 1.165) is 44.4 Å². The van der Waals surface area contributed by atoms with Gasteiger partial charge in [-0.05, 0) is 43.9 Å². The van der Waals surface area contributed by atoms with Crippen molar-refractivity contribution in [3.05, 3.63) is 24.3 Å². The van der Waals surface area contributed by atoms with E-state index >= 15 is 0 Å². The van der Waals surface area contributed by atoms with Crippen LogP contribution in [-0.4, -0.2) is 99.3 Å². The summed E-state index contributed by atoms with van der Waals surface area (Å²) in [7, 11) is -4.69. The first kappa shape index (κ1) is 61.3. The number of phosphoric ester groups is 1. The first-order valence-electron chi connectivity index (χ1n) is 25.9. The Labute approximate surface area is 394 Å². The van der Waals surface area contributed by atoms with Gasteiger partial charge in [-0.15, -0.1) is 0 Å². The van der Waals surface area contributed by atoms with Gasteiger partial charge in [-0.3, -0.25) is 18.6 Å². The average Bonchev–Trinajstić information content (AvgIpc) is 3.56. The minimum Gasteiger partial charge on any atom is -0.462 e. The lowest BCUT2D eigenvalue weighted by Gasteiger charge is -2.20. The standard InChI is InChI=1S/C51H95O13P/c1-4-6-25-31-43(53)35-36-47-46(48(55)37-49(47)56)32-27-23-24-29-34-51(58)64-45(41-63-65(59,60)62-39-44(54)38-52)40-61-50(57)33-28-22-20-18-16-14-12-10-8-7-9-11-13-15-17-19-21-26-30-42(3)5-2/h23,27,35-36,42-49,52-56H,4-22,24-26,28-34,37-41H2,1-3H3,(H,59,60)/b27-23+,36-35+/t42?,43-,44-,45+,46+,47+,48-,49+/m0/s1. The highest BCUT2D eigenvalue weighted by Gasteiger charge is 2.39. The highest BCUT2D eigenvalue weighted by Crippen LogP contribution is 2.43. The Morgan fingerprint density at radius 1 is 0.677 bits per heavy atom. The fourth-order valence-electron chi connectivity index (χ4n) is 8.26. The monoisotopic (exact) mass is 947 g/mol. The van der Waals surface area contributed by atoms with Gasteiger partial charge in [-0.2, -0.15) is 0 Å². The van der Waals surface area contributed by atoms with Crippen molar-refractivity contribution in [3.63, 3.8) is 0 Å². The number of carbonyl (C=O) groups excluding carboxylic acids is 2. The molecule has 0 bridgehead atoms. The third kappa shape index (κ3) is 34.3. The Morgan fingerprint density at radius 3 is 1.78 bits per heavy atom. The second-order valence-corrected chi connectivity index (χ2v) is 20.2. The molecule has 2 unspecified atom stereocenters. The summed E-state index contributed by atoms with van der Waals surface area (Å²) in [4.78, 5) is 35.4. The lowest BCUT2D eigenvalue weighted by Crippen LogP contribution is -2.29. The summed E-state index contributed by atoms with van der Waals surface area (Å²) in [6, 6.07) is 0. The SMILES string of the molecule is CCCCC[C@H](O)/C=C/[C@@H]1[C@@H](C/C=C/CCCC(=O)O[C@H](COC(=O)CCCCCCCCCCCCCCCCCCCCC(C)CC)COP(=O)(O)OC[C@@H](O)CO)[C@@H](O)C[C@H]1O. The maximum absolute atomic E-state index is 12.8. The second-order valence-electron chi connectivity index (χ2n) is 18.8. The van der Waals surface area contributed by atoms with Gasteiger partial charge in [0.15, 0.2) is 6.10 Å². The molecule has 6 N–H and O–H groups in total. The van der Waals surface area contributed by atoms with Crippen LogP contribution in [-0.2, 0) is 32.7 Å². The number of hydrogen-bond acceptors (Lipinski definition) is 12. The second kappa shape index (κ2) is 40.2. The van der Waals surface area contributed by atoms with Gasteiger partial charge in [-0.25, -0.2) is 4.57 Å². The van der Waals surface area contributed by atoms with Crippen molar-refractivity contribution in [2.75, 3.05) is 26.4 Å². The zero-order chi connectivity index (χ0) is 48.0. The molecule has 0 aromatic rings. The Morgan fingerprint density at radius 2 is 1.22 bits per heavy atom. The van der Waals surface area contributed by atoms with Gasteiger partial charge in [0.2, 0.25) is 0 Å². The van der Waals surface area contributed by atoms with E-state index in [1.54, 1.807) is 6.08 Å². The molecule has 1 saturated carbocycles. The van der Waals surface area contributed by atoms with Gasteiger partial charge in [0.05, 0.1) is 38.1 Å². The highest BCUT2D eigenvalue weighted by atomic mass is 31.2. The van der Waals surface area contributed by atoms with E-state index in [9.17, 15) is 39.5 Å². The van der Waals surface area contributed by atoms with Gasteiger partial charge in [-0.1, -0.05) is 186 Å². The Bertz CT molecular complexity index is 1260. The van der Waals surface area contributed by atoms with E-state index < -0.39 is 70.1 Å². The topological polar surface area (TPSA) is 210 Å². The van der Waals surface area contributed by atoms with Crippen LogP contribution in [0.25, 0.3) is 0 Å². The van der Waals surface area contributed by atoms with E-state index in [2.05, 4.69) is 20.8 Å². The molecule has 65 heavy (non-hydrogen) atoms. The zero-order valence-corrected chi connectivity index (χ0v) is 41.9. The number of allylic oxidation sites excluding steroid dienone is 2. The van der Waals surface area contributed by atoms with Crippen LogP contribution in [0, 0.1) is 17.8 Å². The average molecular weight is 947 g/mol. The Balaban J connectivity index is 2.34. The summed E-state index contributed by atoms with van der Waals surface area (Å²) >= 11 is 0. The molecule has 0 radical (unpaired) electrons. The van der Waals surface area contributed by atoms with Crippen LogP contribution in [0.5, 0.6) is 0 Å². The number of unbranched alkanes of at least 4 members (excludes halogenated alkanes) is 20. The number of ether oxygens (including phenoxy) is 2. The molecule has 0 aliphatic heterocycles. The first-order valence-corrected chi connectivity index (χ1v) is 27.4. The lowest BCUT2D eigenvalue weighted by atomic mass is 9.89. The molecule has 0 amide bonds. The van der Waals surface area contributed by atoms with Gasteiger partial charge in [0, 0.05) is 25.2 Å². The summed E-state index contributed by atoms with van der Waals surface area (Å²) in [5, 5.41) is 49.8. The van der Waals surface area contributed by atoms with E-state index in [-0.39, 0.29) is 37.7 Å². The molecule has 0 spiro atoms. The number of phosphoric acid groups is 1. The molecule has 13 nitrogen and oxygen atoms in total. The van der Waals surface area contributed by atoms with Crippen molar-refractivity contribution in [2.45, 2.75) is 244 Å². The van der Waals surface area contributed by atoms with Crippen LogP contribution in [0.4, 0.5) is 0 Å². The number of esters is 2. The molecule has 0 saturated heterocycles. The molecule has 1 aliphatic carbocycles. The minimum absolute atomic E-state index is 0.00979. The van der Waals surface area contributed by atoms with Gasteiger partial charge >= 0.3 is 19.8 Å². The molecule has 1 aliphatic rings. The summed E-state index contributed by atoms with van der Waals surface area (Å²) in [5.41, 5.74) is 0. The molecule has 1 rings (SSSR count). The number of hydrogen-bond donors (Lipinski definition) is 6. The van der Waals surface area contributed by atoms with Gasteiger partial charge in [0.1, 0.15) is 12.7 Å². The number of aliphatic hydroxyl groups is 5. The number of aliphatic hydroxyl groups excluding tert-OH is 5. The third-order valence-electron chi connectivity index (χ3n) is 12.7. The van der Waals surface area contributed by atoms with Crippen molar-refractivity contribution in [1.82, 2.24) is 0 Å². The van der Waals surface area contributed by atoms with E-state index in [0.29, 0.717) is 32.1 Å². The highest BCUT2D eigenvalue weighted by molar-refractivity contribution is 7.47. The summed E-state index contributed by atoms with van der Waals surface area (Å²) in [6.07, 6.45) is 33.7. The minimum atomic E-state index is -4.69. The van der Waals surface area contributed by atoms with Crippen molar-refractivity contribution in [2.24, 2.45) is 17.8 Å². The third-order valence-corrected chi connectivity index (χ3v) is 13.7. The zero-order valence-electron chi connectivity index (χ0n) is 41.0. The molecule has 14 heteroatoms. The van der Waals surface area contributed by atoms with Crippen molar-refractivity contribution in [3.8, 4) is 0 Å². The number of rotatable bonds is 44. The Hall–Kier alpha value is -1.67. The molecule has 0 aromatic carbocycles. The van der Waals surface area contributed by atoms with Gasteiger partial charge < -0.3 is 39.9 Å². The maximum atomic E-state index is 12.8. The molecule has 1 fully saturated rings. The summed E-state index contributed by atoms with van der Waals surface area (Å²) in [5.74, 6) is -0.682. The predicted octanol–water partition coefficient (Wildman–Crippen LogP) is 10.7. The van der Waals surface area contributed by atoms with Crippen LogP contribution in [0.2, 0.25) is 0 Å². The molecule has 0 heterocycles. The summed E-state index contributed by atoms with van der Waals surface area (Å²) in [6.45, 7) is 4.42. The fourth-order valence-corrected chi connectivity index (χ4v) is 9.05. The molecule has 9 atom stereocenters. The molecular weight excluding hydrogens is 852 g/mol. The number of carbonyl (C=O) groups is 2. The fraction of sp³-hybridized carbons (Fsp3) is 0.882. The van der Waals surface area contributed by atoms with Gasteiger partial charge in [0.25, 0.3) is 0 Å². The van der Waals surface area contributed by atoms with Crippen LogP contribution in [0.1, 0.15) is 213 Å². The smallest absolute Gasteiger partial charge is 0.462 e. The maximum Gasteiger partial charge on any atom is 0.472 e. The molecule has 0 aromatic heterocycles. The predicted molar refractivity (Wildman–Crippen MR) is 258 cm³/mol. The van der Waals surface area contributed by atoms with Crippen LogP contribution >= 0.6 is 7.82 Å². The van der Waals surface area contributed by atoms with Crippen LogP contribution in [0.3, 0.4) is 0 Å². The molecule has 382 valence electrons. The quantitative estimate of drug-likeness (QED) is 0.0146. The van der Waals surface area contributed by atoms with Crippen molar-refractivity contribution in [1.29, 1.82) is 0 Å². The van der Waals surface area contributed by atoms with Crippen molar-refractivity contribution >= 4 is 19.8 Å². The first-order chi connectivity index (χ1) is 31.3. The normalized spacial score (nSPS) is 20.6. The molecular formula is C51H95O13P. The lowest BCUT2D eigenvalue weighted by molar-refractivity contribution is -0.161. The van der Waals surface area contributed by atoms with Crippen LogP contribution < -0.4 is 0 Å².